The summed E-state index contributed by atoms with van der Waals surface area (Å²) < 4.78 is 0. The summed E-state index contributed by atoms with van der Waals surface area (Å²) in [4.78, 5) is 12.1. The second-order valence-electron chi connectivity index (χ2n) is 3.77. The molecule has 0 spiro atoms. The van der Waals surface area contributed by atoms with Crippen molar-refractivity contribution in [3.8, 4) is 0 Å². The zero-order chi connectivity index (χ0) is 12.8. The Kier molecular flexibility index (Phi) is 5.44. The van der Waals surface area contributed by atoms with Gasteiger partial charge in [-0.25, -0.2) is 0 Å². The van der Waals surface area contributed by atoms with E-state index in [1.54, 1.807) is 0 Å². The first kappa shape index (κ1) is 14.0. The van der Waals surface area contributed by atoms with E-state index >= 15 is 0 Å². The maximum atomic E-state index is 11.7. The lowest BCUT2D eigenvalue weighted by molar-refractivity contribution is -0.113. The number of benzene rings is 1. The van der Waals surface area contributed by atoms with Crippen LogP contribution in [0.15, 0.2) is 18.2 Å². The lowest BCUT2D eigenvalue weighted by Crippen LogP contribution is -2.18. The molecule has 5 heteroatoms. The lowest BCUT2D eigenvalue weighted by Gasteiger charge is -2.11. The van der Waals surface area contributed by atoms with Crippen LogP contribution in [0.2, 0.25) is 0 Å². The van der Waals surface area contributed by atoms with Crippen LogP contribution in [-0.4, -0.2) is 22.4 Å². The maximum absolute atomic E-state index is 11.7. The number of thiocarbonyl (C=S) groups is 1. The zero-order valence-corrected chi connectivity index (χ0v) is 11.6. The summed E-state index contributed by atoms with van der Waals surface area (Å²) in [6.07, 6.45) is 0. The number of amides is 1. The van der Waals surface area contributed by atoms with Gasteiger partial charge in [0.05, 0.1) is 10.7 Å². The molecule has 1 aromatic carbocycles. The van der Waals surface area contributed by atoms with Crippen LogP contribution < -0.4 is 11.1 Å². The lowest BCUT2D eigenvalue weighted by atomic mass is 10.1. The molecule has 0 atom stereocenters. The van der Waals surface area contributed by atoms with Gasteiger partial charge in [-0.05, 0) is 25.0 Å². The standard InChI is InChI=1S/C12H16N2OS2/c1-8-4-3-5-9(2)12(8)14-11(15)7-17-6-10(13)16/h3-5H,6-7H2,1-2H3,(H2,13,16)(H,14,15). The van der Waals surface area contributed by atoms with Gasteiger partial charge in [0.2, 0.25) is 5.91 Å². The third-order valence-electron chi connectivity index (χ3n) is 2.22. The molecule has 0 aromatic heterocycles. The Morgan fingerprint density at radius 3 is 2.47 bits per heavy atom. The van der Waals surface area contributed by atoms with Crippen molar-refractivity contribution in [3.63, 3.8) is 0 Å². The van der Waals surface area contributed by atoms with Crippen LogP contribution in [0.25, 0.3) is 0 Å². The van der Waals surface area contributed by atoms with Gasteiger partial charge in [-0.15, -0.1) is 11.8 Å². The van der Waals surface area contributed by atoms with Crippen LogP contribution in [0.5, 0.6) is 0 Å². The Morgan fingerprint density at radius 2 is 1.94 bits per heavy atom. The largest absolute Gasteiger partial charge is 0.393 e. The fourth-order valence-electron chi connectivity index (χ4n) is 1.43. The van der Waals surface area contributed by atoms with Gasteiger partial charge in [-0.3, -0.25) is 4.79 Å². The molecule has 0 radical (unpaired) electrons. The smallest absolute Gasteiger partial charge is 0.234 e. The van der Waals surface area contributed by atoms with E-state index in [2.05, 4.69) is 5.32 Å². The molecule has 1 rings (SSSR count). The Hall–Kier alpha value is -1.07. The average Bonchev–Trinajstić information content (AvgIpc) is 2.23. The van der Waals surface area contributed by atoms with Crippen LogP contribution in [0, 0.1) is 13.8 Å². The first-order chi connectivity index (χ1) is 8.00. The highest BCUT2D eigenvalue weighted by Crippen LogP contribution is 2.19. The number of hydrogen-bond donors (Lipinski definition) is 2. The van der Waals surface area contributed by atoms with Crippen molar-refractivity contribution >= 4 is 40.6 Å². The van der Waals surface area contributed by atoms with E-state index in [-0.39, 0.29) is 5.91 Å². The minimum atomic E-state index is -0.0244. The summed E-state index contributed by atoms with van der Waals surface area (Å²) in [6, 6.07) is 5.93. The summed E-state index contributed by atoms with van der Waals surface area (Å²) in [5.74, 6) is 0.879. The highest BCUT2D eigenvalue weighted by molar-refractivity contribution is 8.01. The molecule has 0 saturated carbocycles. The van der Waals surface area contributed by atoms with Gasteiger partial charge in [-0.2, -0.15) is 0 Å². The maximum Gasteiger partial charge on any atom is 0.234 e. The van der Waals surface area contributed by atoms with Crippen molar-refractivity contribution in [2.45, 2.75) is 13.8 Å². The van der Waals surface area contributed by atoms with Crippen molar-refractivity contribution in [1.29, 1.82) is 0 Å². The van der Waals surface area contributed by atoms with E-state index < -0.39 is 0 Å². The summed E-state index contributed by atoms with van der Waals surface area (Å²) >= 11 is 6.17. The molecule has 0 aliphatic heterocycles. The first-order valence-electron chi connectivity index (χ1n) is 5.23. The quantitative estimate of drug-likeness (QED) is 0.804. The summed E-state index contributed by atoms with van der Waals surface area (Å²) in [6.45, 7) is 3.95. The van der Waals surface area contributed by atoms with E-state index in [9.17, 15) is 4.79 Å². The van der Waals surface area contributed by atoms with Gasteiger partial charge in [0.15, 0.2) is 0 Å². The van der Waals surface area contributed by atoms with Crippen molar-refractivity contribution in [3.05, 3.63) is 29.3 Å². The number of hydrogen-bond acceptors (Lipinski definition) is 3. The zero-order valence-electron chi connectivity index (χ0n) is 9.95. The Balaban J connectivity index is 2.53. The molecule has 1 aromatic rings. The highest BCUT2D eigenvalue weighted by atomic mass is 32.2. The summed E-state index contributed by atoms with van der Waals surface area (Å²) in [7, 11) is 0. The third-order valence-corrected chi connectivity index (χ3v) is 3.53. The molecular weight excluding hydrogens is 252 g/mol. The second-order valence-corrected chi connectivity index (χ2v) is 5.28. The normalized spacial score (nSPS) is 10.0. The predicted molar refractivity (Wildman–Crippen MR) is 78.7 cm³/mol. The van der Waals surface area contributed by atoms with E-state index in [1.165, 1.54) is 11.8 Å². The number of aryl methyl sites for hydroxylation is 2. The Labute approximate surface area is 111 Å². The van der Waals surface area contributed by atoms with Crippen LogP contribution in [0.1, 0.15) is 11.1 Å². The molecule has 0 aliphatic rings. The van der Waals surface area contributed by atoms with E-state index in [0.29, 0.717) is 16.5 Å². The molecule has 0 saturated heterocycles. The molecule has 92 valence electrons. The molecular formula is C12H16N2OS2. The molecule has 0 aliphatic carbocycles. The summed E-state index contributed by atoms with van der Waals surface area (Å²) in [5, 5.41) is 2.91. The minimum absolute atomic E-state index is 0.0244. The fourth-order valence-corrected chi connectivity index (χ4v) is 2.24. The number of nitrogens with two attached hydrogens (primary N) is 1. The van der Waals surface area contributed by atoms with Crippen molar-refractivity contribution in [2.75, 3.05) is 16.8 Å². The van der Waals surface area contributed by atoms with E-state index in [4.69, 9.17) is 18.0 Å². The van der Waals surface area contributed by atoms with Gasteiger partial charge < -0.3 is 11.1 Å². The molecule has 3 N–H and O–H groups in total. The molecule has 17 heavy (non-hydrogen) atoms. The number of rotatable bonds is 5. The third kappa shape index (κ3) is 4.75. The Morgan fingerprint density at radius 1 is 1.35 bits per heavy atom. The summed E-state index contributed by atoms with van der Waals surface area (Å²) in [5.41, 5.74) is 8.39. The number of carbonyl (C=O) groups is 1. The van der Waals surface area contributed by atoms with Crippen molar-refractivity contribution in [2.24, 2.45) is 5.73 Å². The number of anilines is 1. The van der Waals surface area contributed by atoms with Gasteiger partial charge in [0.1, 0.15) is 0 Å². The van der Waals surface area contributed by atoms with Crippen LogP contribution in [0.3, 0.4) is 0 Å². The van der Waals surface area contributed by atoms with Gasteiger partial charge in [0.25, 0.3) is 0 Å². The number of para-hydroxylation sites is 1. The van der Waals surface area contributed by atoms with Crippen LogP contribution in [-0.2, 0) is 4.79 Å². The minimum Gasteiger partial charge on any atom is -0.393 e. The van der Waals surface area contributed by atoms with Crippen LogP contribution in [0.4, 0.5) is 5.69 Å². The molecule has 0 unspecified atom stereocenters. The second kappa shape index (κ2) is 6.61. The number of carbonyl (C=O) groups excluding carboxylic acids is 1. The van der Waals surface area contributed by atoms with E-state index in [0.717, 1.165) is 16.8 Å². The fraction of sp³-hybridized carbons (Fsp3) is 0.333. The molecule has 0 bridgehead atoms. The molecule has 3 nitrogen and oxygen atoms in total. The van der Waals surface area contributed by atoms with Gasteiger partial charge in [0, 0.05) is 11.4 Å². The molecule has 1 amide bonds. The topological polar surface area (TPSA) is 55.1 Å². The average molecular weight is 268 g/mol. The SMILES string of the molecule is Cc1cccc(C)c1NC(=O)CSCC(N)=S. The molecule has 0 heterocycles. The Bertz CT molecular complexity index is 412. The highest BCUT2D eigenvalue weighted by Gasteiger charge is 2.07. The predicted octanol–water partition coefficient (Wildman–Crippen LogP) is 2.26. The van der Waals surface area contributed by atoms with Gasteiger partial charge >= 0.3 is 0 Å². The van der Waals surface area contributed by atoms with Gasteiger partial charge in [-0.1, -0.05) is 30.4 Å². The van der Waals surface area contributed by atoms with Crippen molar-refractivity contribution in [1.82, 2.24) is 0 Å². The first-order valence-corrected chi connectivity index (χ1v) is 6.79. The molecule has 0 fully saturated rings. The van der Waals surface area contributed by atoms with Crippen molar-refractivity contribution < 1.29 is 4.79 Å². The number of thioether (sulfide) groups is 1. The van der Waals surface area contributed by atoms with Crippen LogP contribution >= 0.6 is 24.0 Å². The van der Waals surface area contributed by atoms with E-state index in [1.807, 2.05) is 32.0 Å². The monoisotopic (exact) mass is 268 g/mol. The number of nitrogens with one attached hydrogen (secondary N) is 1.